The van der Waals surface area contributed by atoms with Crippen molar-refractivity contribution in [2.75, 3.05) is 80.7 Å². The first-order valence-corrected chi connectivity index (χ1v) is 16.6. The Morgan fingerprint density at radius 2 is 1.70 bits per heavy atom. The maximum absolute atomic E-state index is 14.2. The fraction of sp³-hybridized carbons (Fsp3) is 0.939. The van der Waals surface area contributed by atoms with E-state index in [0.29, 0.717) is 12.8 Å². The standard InChI is InChI=1S/C33H62N4O7/c1-12-37-19-22(2)18-33(7,41-11)29(44-30-27(38)26(34(8)9)17-23(3)43-30)24(4)28(39)32(5,6)31(40)42-21-25(37)20-36-15-13-35(10)14-16-36/h22-27,29-30,38H,12-21H2,1-11H3/t22-,23-,24+,25+,26+,27-,29-,30+,33-/m1/s1. The third kappa shape index (κ3) is 8.79. The number of ether oxygens (including phenoxy) is 4. The first-order valence-electron chi connectivity index (χ1n) is 16.6. The first kappa shape index (κ1) is 37.3. The Morgan fingerprint density at radius 1 is 1.07 bits per heavy atom. The number of rotatable bonds is 7. The third-order valence-corrected chi connectivity index (χ3v) is 10.3. The average molecular weight is 627 g/mol. The molecule has 44 heavy (non-hydrogen) atoms. The number of carbonyl (C=O) groups excluding carboxylic acids is 2. The third-order valence-electron chi connectivity index (χ3n) is 10.3. The smallest absolute Gasteiger partial charge is 0.319 e. The number of ketones is 1. The lowest BCUT2D eigenvalue weighted by molar-refractivity contribution is -0.295. The van der Waals surface area contributed by atoms with Gasteiger partial charge in [0.15, 0.2) is 12.1 Å². The molecule has 11 heteroatoms. The molecular weight excluding hydrogens is 564 g/mol. The van der Waals surface area contributed by atoms with Crippen LogP contribution in [-0.4, -0.2) is 159 Å². The van der Waals surface area contributed by atoms with Crippen LogP contribution in [0.15, 0.2) is 0 Å². The normalized spacial score (nSPS) is 39.4. The van der Waals surface area contributed by atoms with Crippen LogP contribution in [0.5, 0.6) is 0 Å². The molecule has 0 aromatic heterocycles. The van der Waals surface area contributed by atoms with E-state index in [1.165, 1.54) is 0 Å². The number of cyclic esters (lactones) is 1. The molecule has 0 amide bonds. The average Bonchev–Trinajstić information content (AvgIpc) is 2.97. The molecule has 1 N–H and O–H groups in total. The molecule has 0 unspecified atom stereocenters. The topological polar surface area (TPSA) is 104 Å². The van der Waals surface area contributed by atoms with Gasteiger partial charge in [-0.25, -0.2) is 0 Å². The van der Waals surface area contributed by atoms with Gasteiger partial charge in [-0.05, 0) is 74.1 Å². The molecule has 9 atom stereocenters. The van der Waals surface area contributed by atoms with Crippen molar-refractivity contribution in [1.29, 1.82) is 0 Å². The zero-order chi connectivity index (χ0) is 33.0. The summed E-state index contributed by atoms with van der Waals surface area (Å²) >= 11 is 0. The van der Waals surface area contributed by atoms with Crippen molar-refractivity contribution in [2.24, 2.45) is 17.3 Å². The molecule has 0 aromatic carbocycles. The van der Waals surface area contributed by atoms with Gasteiger partial charge in [0.05, 0.1) is 23.9 Å². The molecule has 3 saturated heterocycles. The quantitative estimate of drug-likeness (QED) is 0.331. The largest absolute Gasteiger partial charge is 0.463 e. The van der Waals surface area contributed by atoms with Crippen LogP contribution in [0.1, 0.15) is 61.3 Å². The fourth-order valence-corrected chi connectivity index (χ4v) is 7.36. The highest BCUT2D eigenvalue weighted by atomic mass is 16.7. The van der Waals surface area contributed by atoms with Gasteiger partial charge in [-0.1, -0.05) is 20.8 Å². The van der Waals surface area contributed by atoms with Crippen LogP contribution in [0.3, 0.4) is 0 Å². The lowest BCUT2D eigenvalue weighted by Crippen LogP contribution is -2.59. The summed E-state index contributed by atoms with van der Waals surface area (Å²) in [4.78, 5) is 37.0. The minimum atomic E-state index is -1.41. The van der Waals surface area contributed by atoms with Crippen molar-refractivity contribution in [2.45, 2.75) is 104 Å². The van der Waals surface area contributed by atoms with E-state index in [0.717, 1.165) is 45.8 Å². The summed E-state index contributed by atoms with van der Waals surface area (Å²) < 4.78 is 25.0. The predicted molar refractivity (Wildman–Crippen MR) is 170 cm³/mol. The minimum absolute atomic E-state index is 0.00465. The summed E-state index contributed by atoms with van der Waals surface area (Å²) in [5.74, 6) is -1.40. The molecule has 0 radical (unpaired) electrons. The van der Waals surface area contributed by atoms with E-state index in [4.69, 9.17) is 18.9 Å². The molecule has 3 aliphatic rings. The van der Waals surface area contributed by atoms with Gasteiger partial charge in [0, 0.05) is 58.3 Å². The molecular formula is C33H62N4O7. The lowest BCUT2D eigenvalue weighted by atomic mass is 9.74. The van der Waals surface area contributed by atoms with Crippen molar-refractivity contribution in [1.82, 2.24) is 19.6 Å². The Hall–Kier alpha value is -1.18. The number of Topliss-reactive ketones (excluding diaryl/α,β-unsaturated/α-hetero) is 1. The number of esters is 1. The van der Waals surface area contributed by atoms with E-state index in [-0.39, 0.29) is 36.5 Å². The van der Waals surface area contributed by atoms with Crippen molar-refractivity contribution in [3.63, 3.8) is 0 Å². The molecule has 0 bridgehead atoms. The predicted octanol–water partition coefficient (Wildman–Crippen LogP) is 1.96. The van der Waals surface area contributed by atoms with Crippen LogP contribution in [0.2, 0.25) is 0 Å². The van der Waals surface area contributed by atoms with Gasteiger partial charge in [-0.15, -0.1) is 0 Å². The van der Waals surface area contributed by atoms with Crippen LogP contribution < -0.4 is 0 Å². The highest BCUT2D eigenvalue weighted by Crippen LogP contribution is 2.38. The van der Waals surface area contributed by atoms with Gasteiger partial charge in [0.25, 0.3) is 0 Å². The van der Waals surface area contributed by atoms with Crippen molar-refractivity contribution < 1.29 is 33.6 Å². The summed E-state index contributed by atoms with van der Waals surface area (Å²) in [6.07, 6.45) is -1.55. The number of hydrogen-bond acceptors (Lipinski definition) is 11. The number of methoxy groups -OCH3 is 1. The Kier molecular flexibility index (Phi) is 13.2. The second-order valence-corrected chi connectivity index (χ2v) is 14.7. The van der Waals surface area contributed by atoms with Crippen molar-refractivity contribution >= 4 is 11.8 Å². The second kappa shape index (κ2) is 15.6. The van der Waals surface area contributed by atoms with Gasteiger partial charge < -0.3 is 33.9 Å². The molecule has 0 aliphatic carbocycles. The highest BCUT2D eigenvalue weighted by Gasteiger charge is 2.51. The van der Waals surface area contributed by atoms with E-state index < -0.39 is 41.4 Å². The number of aliphatic hydroxyl groups excluding tert-OH is 1. The van der Waals surface area contributed by atoms with E-state index in [9.17, 15) is 14.7 Å². The zero-order valence-electron chi connectivity index (χ0n) is 29.4. The molecule has 3 heterocycles. The number of nitrogens with zero attached hydrogens (tertiary/aromatic N) is 4. The number of hydrogen-bond donors (Lipinski definition) is 1. The highest BCUT2D eigenvalue weighted by molar-refractivity contribution is 6.04. The number of piperazine rings is 1. The zero-order valence-corrected chi connectivity index (χ0v) is 29.4. The summed E-state index contributed by atoms with van der Waals surface area (Å²) in [5, 5.41) is 11.3. The van der Waals surface area contributed by atoms with E-state index >= 15 is 0 Å². The number of aliphatic hydroxyl groups is 1. The van der Waals surface area contributed by atoms with Gasteiger partial charge in [-0.2, -0.15) is 0 Å². The SMILES string of the molecule is CCN1C[C@H](C)C[C@@](C)(OC)[C@H](O[C@@H]2O[C@H](C)C[C@H](N(C)C)[C@H]2O)[C@@H](C)C(=O)C(C)(C)C(=O)OC[C@@H]1CN1CCN(C)CC1. The summed E-state index contributed by atoms with van der Waals surface area (Å²) in [6, 6.07) is -0.172. The Labute approximate surface area is 266 Å². The van der Waals surface area contributed by atoms with Gasteiger partial charge >= 0.3 is 5.97 Å². The monoisotopic (exact) mass is 626 g/mol. The van der Waals surface area contributed by atoms with Crippen LogP contribution in [0, 0.1) is 17.3 Å². The van der Waals surface area contributed by atoms with Crippen LogP contribution in [-0.2, 0) is 28.5 Å². The maximum atomic E-state index is 14.2. The van der Waals surface area contributed by atoms with Gasteiger partial charge in [-0.3, -0.25) is 19.4 Å². The van der Waals surface area contributed by atoms with Crippen LogP contribution in [0.25, 0.3) is 0 Å². The molecule has 0 saturated carbocycles. The summed E-state index contributed by atoms with van der Waals surface area (Å²) in [6.45, 7) is 19.9. The number of likely N-dealkylation sites (N-methyl/N-ethyl adjacent to an activating group) is 3. The molecule has 256 valence electrons. The van der Waals surface area contributed by atoms with Crippen LogP contribution in [0.4, 0.5) is 0 Å². The number of carbonyl (C=O) groups is 2. The second-order valence-electron chi connectivity index (χ2n) is 14.7. The van der Waals surface area contributed by atoms with E-state index in [1.54, 1.807) is 27.9 Å². The van der Waals surface area contributed by atoms with E-state index in [2.05, 4.69) is 35.6 Å². The summed E-state index contributed by atoms with van der Waals surface area (Å²) in [5.41, 5.74) is -2.32. The van der Waals surface area contributed by atoms with Crippen molar-refractivity contribution in [3.05, 3.63) is 0 Å². The molecule has 3 fully saturated rings. The van der Waals surface area contributed by atoms with Gasteiger partial charge in [0.1, 0.15) is 18.1 Å². The molecule has 3 rings (SSSR count). The fourth-order valence-electron chi connectivity index (χ4n) is 7.36. The van der Waals surface area contributed by atoms with Gasteiger partial charge in [0.2, 0.25) is 0 Å². The Morgan fingerprint density at radius 3 is 2.27 bits per heavy atom. The summed E-state index contributed by atoms with van der Waals surface area (Å²) in [7, 11) is 7.65. The molecule has 11 nitrogen and oxygen atoms in total. The molecule has 0 spiro atoms. The minimum Gasteiger partial charge on any atom is -0.463 e. The molecule has 3 aliphatic heterocycles. The lowest BCUT2D eigenvalue weighted by Gasteiger charge is -2.47. The first-order chi connectivity index (χ1) is 20.5. The molecule has 0 aromatic rings. The Balaban J connectivity index is 1.97. The van der Waals surface area contributed by atoms with Crippen LogP contribution >= 0.6 is 0 Å². The Bertz CT molecular complexity index is 943. The van der Waals surface area contributed by atoms with E-state index in [1.807, 2.05) is 32.8 Å². The van der Waals surface area contributed by atoms with Crippen molar-refractivity contribution in [3.8, 4) is 0 Å². The maximum Gasteiger partial charge on any atom is 0.319 e.